The standard InChI is InChI=1S/C15H26N2OS/c1-13-5-9-19-15(13)10-16-6-8-17-7-3-4-14(11-17)12-18-2/h5,9,14,16H,3-4,6-8,10-12H2,1-2H3. The molecule has 2 heterocycles. The average molecular weight is 282 g/mol. The van der Waals surface area contributed by atoms with Crippen molar-refractivity contribution in [1.82, 2.24) is 10.2 Å². The van der Waals surface area contributed by atoms with Crippen LogP contribution in [0.15, 0.2) is 11.4 Å². The van der Waals surface area contributed by atoms with Crippen LogP contribution in [0.3, 0.4) is 0 Å². The summed E-state index contributed by atoms with van der Waals surface area (Å²) in [7, 11) is 1.81. The molecule has 108 valence electrons. The molecule has 1 aliphatic rings. The van der Waals surface area contributed by atoms with Gasteiger partial charge in [-0.05, 0) is 49.2 Å². The first-order valence-corrected chi connectivity index (χ1v) is 8.12. The van der Waals surface area contributed by atoms with Gasteiger partial charge in [0.1, 0.15) is 0 Å². The van der Waals surface area contributed by atoms with Crippen molar-refractivity contribution < 1.29 is 4.74 Å². The van der Waals surface area contributed by atoms with Crippen LogP contribution in [0.1, 0.15) is 23.3 Å². The molecular formula is C15H26N2OS. The number of nitrogens with one attached hydrogen (secondary N) is 1. The highest BCUT2D eigenvalue weighted by Gasteiger charge is 2.18. The second kappa shape index (κ2) is 8.00. The van der Waals surface area contributed by atoms with Crippen LogP contribution in [0.5, 0.6) is 0 Å². The Hall–Kier alpha value is -0.420. The Balaban J connectivity index is 1.61. The molecule has 0 saturated carbocycles. The van der Waals surface area contributed by atoms with Crippen LogP contribution in [0.2, 0.25) is 0 Å². The molecule has 1 aromatic heterocycles. The first-order chi connectivity index (χ1) is 9.29. The van der Waals surface area contributed by atoms with Gasteiger partial charge in [0.25, 0.3) is 0 Å². The van der Waals surface area contributed by atoms with Crippen LogP contribution in [0.25, 0.3) is 0 Å². The SMILES string of the molecule is COCC1CCCN(CCNCc2sccc2C)C1. The quantitative estimate of drug-likeness (QED) is 0.778. The zero-order chi connectivity index (χ0) is 13.5. The average Bonchev–Trinajstić information content (AvgIpc) is 2.81. The van der Waals surface area contributed by atoms with Crippen molar-refractivity contribution in [3.05, 3.63) is 21.9 Å². The maximum absolute atomic E-state index is 5.28. The Morgan fingerprint density at radius 2 is 2.42 bits per heavy atom. The Morgan fingerprint density at radius 1 is 1.53 bits per heavy atom. The highest BCUT2D eigenvalue weighted by molar-refractivity contribution is 7.10. The van der Waals surface area contributed by atoms with Gasteiger partial charge in [0.15, 0.2) is 0 Å². The summed E-state index contributed by atoms with van der Waals surface area (Å²) in [4.78, 5) is 4.04. The monoisotopic (exact) mass is 282 g/mol. The fourth-order valence-corrected chi connectivity index (χ4v) is 3.63. The Kier molecular flexibility index (Phi) is 6.31. The number of thiophene rings is 1. The van der Waals surface area contributed by atoms with Crippen LogP contribution in [0.4, 0.5) is 0 Å². The maximum Gasteiger partial charge on any atom is 0.0502 e. The summed E-state index contributed by atoms with van der Waals surface area (Å²) in [6.07, 6.45) is 2.64. The molecule has 1 unspecified atom stereocenters. The van der Waals surface area contributed by atoms with Gasteiger partial charge in [-0.25, -0.2) is 0 Å². The van der Waals surface area contributed by atoms with E-state index in [2.05, 4.69) is 28.6 Å². The van der Waals surface area contributed by atoms with Gasteiger partial charge < -0.3 is 15.0 Å². The second-order valence-corrected chi connectivity index (χ2v) is 6.47. The molecule has 3 nitrogen and oxygen atoms in total. The zero-order valence-corrected chi connectivity index (χ0v) is 13.0. The molecule has 19 heavy (non-hydrogen) atoms. The molecule has 1 aromatic rings. The van der Waals surface area contributed by atoms with Crippen molar-refractivity contribution in [3.63, 3.8) is 0 Å². The van der Waals surface area contributed by atoms with Crippen LogP contribution in [-0.4, -0.2) is 44.8 Å². The maximum atomic E-state index is 5.28. The third-order valence-corrected chi connectivity index (χ3v) is 4.89. The predicted molar refractivity (Wildman–Crippen MR) is 81.8 cm³/mol. The van der Waals surface area contributed by atoms with Gasteiger partial charge in [-0.2, -0.15) is 0 Å². The predicted octanol–water partition coefficient (Wildman–Crippen LogP) is 2.50. The number of aryl methyl sites for hydroxylation is 1. The Labute approximate surface area is 121 Å². The Bertz CT molecular complexity index is 365. The van der Waals surface area contributed by atoms with E-state index in [1.54, 1.807) is 0 Å². The van der Waals surface area contributed by atoms with Gasteiger partial charge in [-0.15, -0.1) is 11.3 Å². The van der Waals surface area contributed by atoms with Crippen molar-refractivity contribution in [1.29, 1.82) is 0 Å². The fourth-order valence-electron chi connectivity index (χ4n) is 2.75. The van der Waals surface area contributed by atoms with E-state index >= 15 is 0 Å². The van der Waals surface area contributed by atoms with Gasteiger partial charge >= 0.3 is 0 Å². The number of likely N-dealkylation sites (tertiary alicyclic amines) is 1. The summed E-state index contributed by atoms with van der Waals surface area (Å²) in [5.41, 5.74) is 1.41. The van der Waals surface area contributed by atoms with E-state index in [1.165, 1.54) is 36.4 Å². The summed E-state index contributed by atoms with van der Waals surface area (Å²) < 4.78 is 5.28. The highest BCUT2D eigenvalue weighted by atomic mass is 32.1. The summed E-state index contributed by atoms with van der Waals surface area (Å²) in [6, 6.07) is 2.20. The first kappa shape index (κ1) is 15.0. The van der Waals surface area contributed by atoms with Gasteiger partial charge in [-0.3, -0.25) is 0 Å². The van der Waals surface area contributed by atoms with Gasteiger partial charge in [-0.1, -0.05) is 0 Å². The lowest BCUT2D eigenvalue weighted by atomic mass is 9.99. The summed E-state index contributed by atoms with van der Waals surface area (Å²) in [5, 5.41) is 5.73. The minimum atomic E-state index is 0.735. The lowest BCUT2D eigenvalue weighted by Crippen LogP contribution is -2.40. The fraction of sp³-hybridized carbons (Fsp3) is 0.733. The smallest absolute Gasteiger partial charge is 0.0502 e. The van der Waals surface area contributed by atoms with E-state index in [9.17, 15) is 0 Å². The van der Waals surface area contributed by atoms with Crippen molar-refractivity contribution in [2.24, 2.45) is 5.92 Å². The summed E-state index contributed by atoms with van der Waals surface area (Å²) in [6.45, 7) is 8.81. The van der Waals surface area contributed by atoms with E-state index < -0.39 is 0 Å². The summed E-state index contributed by atoms with van der Waals surface area (Å²) >= 11 is 1.85. The second-order valence-electron chi connectivity index (χ2n) is 5.47. The number of methoxy groups -OCH3 is 1. The van der Waals surface area contributed by atoms with Crippen LogP contribution >= 0.6 is 11.3 Å². The van der Waals surface area contributed by atoms with Crippen molar-refractivity contribution in [2.45, 2.75) is 26.3 Å². The normalized spacial score (nSPS) is 20.8. The molecule has 1 fully saturated rings. The number of piperidine rings is 1. The first-order valence-electron chi connectivity index (χ1n) is 7.24. The zero-order valence-electron chi connectivity index (χ0n) is 12.2. The van der Waals surface area contributed by atoms with E-state index in [4.69, 9.17) is 4.74 Å². The molecule has 0 bridgehead atoms. The van der Waals surface area contributed by atoms with Gasteiger partial charge in [0.2, 0.25) is 0 Å². The largest absolute Gasteiger partial charge is 0.384 e. The van der Waals surface area contributed by atoms with Gasteiger partial charge in [0.05, 0.1) is 6.61 Å². The van der Waals surface area contributed by atoms with E-state index in [0.29, 0.717) is 0 Å². The third-order valence-electron chi connectivity index (χ3n) is 3.86. The minimum Gasteiger partial charge on any atom is -0.384 e. The molecule has 0 aliphatic carbocycles. The van der Waals surface area contributed by atoms with Crippen molar-refractivity contribution >= 4 is 11.3 Å². The number of nitrogens with zero attached hydrogens (tertiary/aromatic N) is 1. The van der Waals surface area contributed by atoms with Crippen LogP contribution < -0.4 is 5.32 Å². The molecule has 0 amide bonds. The molecule has 2 rings (SSSR count). The van der Waals surface area contributed by atoms with Crippen molar-refractivity contribution in [2.75, 3.05) is 39.9 Å². The lowest BCUT2D eigenvalue weighted by Gasteiger charge is -2.32. The molecule has 0 spiro atoms. The number of hydrogen-bond donors (Lipinski definition) is 1. The molecule has 0 radical (unpaired) electrons. The molecule has 1 aliphatic heterocycles. The van der Waals surface area contributed by atoms with Crippen LogP contribution in [0, 0.1) is 12.8 Å². The van der Waals surface area contributed by atoms with E-state index in [-0.39, 0.29) is 0 Å². The lowest BCUT2D eigenvalue weighted by molar-refractivity contribution is 0.0911. The molecule has 1 N–H and O–H groups in total. The molecule has 4 heteroatoms. The molecule has 1 saturated heterocycles. The van der Waals surface area contributed by atoms with E-state index in [0.717, 1.165) is 32.2 Å². The Morgan fingerprint density at radius 3 is 3.16 bits per heavy atom. The number of ether oxygens (including phenoxy) is 1. The molecular weight excluding hydrogens is 256 g/mol. The van der Waals surface area contributed by atoms with E-state index in [1.807, 2.05) is 18.4 Å². The topological polar surface area (TPSA) is 24.5 Å². The van der Waals surface area contributed by atoms with Crippen molar-refractivity contribution in [3.8, 4) is 0 Å². The summed E-state index contributed by atoms with van der Waals surface area (Å²) in [5.74, 6) is 0.735. The van der Waals surface area contributed by atoms with Crippen LogP contribution in [-0.2, 0) is 11.3 Å². The molecule has 0 aromatic carbocycles. The number of rotatable bonds is 7. The third kappa shape index (κ3) is 4.88. The number of hydrogen-bond acceptors (Lipinski definition) is 4. The van der Waals surface area contributed by atoms with Gasteiger partial charge in [0, 0.05) is 38.2 Å². The highest BCUT2D eigenvalue weighted by Crippen LogP contribution is 2.16. The minimum absolute atomic E-state index is 0.735. The molecule has 1 atom stereocenters.